The van der Waals surface area contributed by atoms with Gasteiger partial charge in [-0.15, -0.1) is 0 Å². The first-order valence-corrected chi connectivity index (χ1v) is 6.96. The van der Waals surface area contributed by atoms with Gasteiger partial charge in [0.1, 0.15) is 0 Å². The summed E-state index contributed by atoms with van der Waals surface area (Å²) in [5.74, 6) is 0.143. The van der Waals surface area contributed by atoms with Gasteiger partial charge in [-0.05, 0) is 38.6 Å². The molecule has 2 saturated heterocycles. The molecule has 0 aromatic rings. The fraction of sp³-hybridized carbons (Fsp3) is 0.923. The Labute approximate surface area is 103 Å². The van der Waals surface area contributed by atoms with Gasteiger partial charge in [0.15, 0.2) is 0 Å². The average molecular weight is 240 g/mol. The Morgan fingerprint density at radius 1 is 1.24 bits per heavy atom. The van der Waals surface area contributed by atoms with E-state index < -0.39 is 0 Å². The molecule has 0 aliphatic carbocycles. The second-order valence-electron chi connectivity index (χ2n) is 5.14. The van der Waals surface area contributed by atoms with Gasteiger partial charge >= 0.3 is 0 Å². The van der Waals surface area contributed by atoms with Crippen molar-refractivity contribution in [3.05, 3.63) is 0 Å². The number of hydrogen-bond acceptors (Lipinski definition) is 3. The Morgan fingerprint density at radius 2 is 2.12 bits per heavy atom. The second-order valence-corrected chi connectivity index (χ2v) is 5.14. The molecular formula is C13H24N2O2. The molecule has 0 radical (unpaired) electrons. The molecule has 0 aromatic carbocycles. The number of amides is 1. The maximum absolute atomic E-state index is 11.7. The van der Waals surface area contributed by atoms with Crippen LogP contribution in [-0.2, 0) is 9.53 Å². The summed E-state index contributed by atoms with van der Waals surface area (Å²) in [6.07, 6.45) is 7.79. The Morgan fingerprint density at radius 3 is 2.82 bits per heavy atom. The summed E-state index contributed by atoms with van der Waals surface area (Å²) in [7, 11) is 0. The van der Waals surface area contributed by atoms with E-state index in [9.17, 15) is 4.79 Å². The van der Waals surface area contributed by atoms with Crippen LogP contribution in [0, 0.1) is 0 Å². The molecule has 0 spiro atoms. The molecule has 1 amide bonds. The molecule has 2 unspecified atom stereocenters. The smallest absolute Gasteiger partial charge is 0.222 e. The molecule has 2 fully saturated rings. The summed E-state index contributed by atoms with van der Waals surface area (Å²) in [4.78, 5) is 11.7. The third-order valence-corrected chi connectivity index (χ3v) is 3.65. The SMILES string of the molecule is O=C(CC1CCCCO1)NCC1CCCCN1. The lowest BCUT2D eigenvalue weighted by Crippen LogP contribution is -2.44. The van der Waals surface area contributed by atoms with E-state index in [2.05, 4.69) is 10.6 Å². The van der Waals surface area contributed by atoms with E-state index in [0.717, 1.165) is 32.5 Å². The average Bonchev–Trinajstić information content (AvgIpc) is 2.39. The molecule has 2 rings (SSSR count). The molecule has 2 aliphatic rings. The Hall–Kier alpha value is -0.610. The molecule has 2 N–H and O–H groups in total. The van der Waals surface area contributed by atoms with Crippen molar-refractivity contribution in [1.29, 1.82) is 0 Å². The first-order chi connectivity index (χ1) is 8.34. The zero-order valence-electron chi connectivity index (χ0n) is 10.5. The molecule has 98 valence electrons. The lowest BCUT2D eigenvalue weighted by molar-refractivity contribution is -0.125. The minimum Gasteiger partial charge on any atom is -0.378 e. The standard InChI is InChI=1S/C13H24N2O2/c16-13(9-12-6-2-4-8-17-12)15-10-11-5-1-3-7-14-11/h11-12,14H,1-10H2,(H,15,16). The highest BCUT2D eigenvalue weighted by Crippen LogP contribution is 2.15. The number of carbonyl (C=O) groups excluding carboxylic acids is 1. The van der Waals surface area contributed by atoms with E-state index in [-0.39, 0.29) is 12.0 Å². The van der Waals surface area contributed by atoms with E-state index >= 15 is 0 Å². The van der Waals surface area contributed by atoms with Crippen LogP contribution in [0.2, 0.25) is 0 Å². The second kappa shape index (κ2) is 6.97. The molecule has 0 saturated carbocycles. The fourth-order valence-corrected chi connectivity index (χ4v) is 2.58. The van der Waals surface area contributed by atoms with E-state index in [1.807, 2.05) is 0 Å². The Bertz CT molecular complexity index is 234. The molecule has 2 aliphatic heterocycles. The van der Waals surface area contributed by atoms with E-state index in [1.165, 1.54) is 25.7 Å². The number of nitrogens with one attached hydrogen (secondary N) is 2. The van der Waals surface area contributed by atoms with Crippen LogP contribution in [0.25, 0.3) is 0 Å². The van der Waals surface area contributed by atoms with Gasteiger partial charge in [0, 0.05) is 19.2 Å². The third kappa shape index (κ3) is 4.64. The normalized spacial score (nSPS) is 29.9. The highest BCUT2D eigenvalue weighted by Gasteiger charge is 2.18. The summed E-state index contributed by atoms with van der Waals surface area (Å²) in [5, 5.41) is 6.45. The Kier molecular flexibility index (Phi) is 5.26. The van der Waals surface area contributed by atoms with Crippen LogP contribution >= 0.6 is 0 Å². The van der Waals surface area contributed by atoms with Crippen LogP contribution in [0.3, 0.4) is 0 Å². The molecule has 4 heteroatoms. The van der Waals surface area contributed by atoms with Gasteiger partial charge in [-0.3, -0.25) is 4.79 Å². The van der Waals surface area contributed by atoms with Gasteiger partial charge < -0.3 is 15.4 Å². The van der Waals surface area contributed by atoms with Crippen molar-refractivity contribution in [2.45, 2.75) is 57.1 Å². The fourth-order valence-electron chi connectivity index (χ4n) is 2.58. The quantitative estimate of drug-likeness (QED) is 0.776. The topological polar surface area (TPSA) is 50.4 Å². The van der Waals surface area contributed by atoms with Gasteiger partial charge in [-0.2, -0.15) is 0 Å². The summed E-state index contributed by atoms with van der Waals surface area (Å²) < 4.78 is 5.56. The van der Waals surface area contributed by atoms with Crippen molar-refractivity contribution in [3.63, 3.8) is 0 Å². The van der Waals surface area contributed by atoms with Crippen LogP contribution in [0.5, 0.6) is 0 Å². The first-order valence-electron chi connectivity index (χ1n) is 6.96. The van der Waals surface area contributed by atoms with Crippen molar-refractivity contribution in [3.8, 4) is 0 Å². The Balaban J connectivity index is 1.59. The third-order valence-electron chi connectivity index (χ3n) is 3.65. The number of carbonyl (C=O) groups is 1. The zero-order chi connectivity index (χ0) is 11.9. The predicted octanol–water partition coefficient (Wildman–Crippen LogP) is 1.20. The van der Waals surface area contributed by atoms with Crippen molar-refractivity contribution in [2.75, 3.05) is 19.7 Å². The first kappa shape index (κ1) is 12.8. The highest BCUT2D eigenvalue weighted by molar-refractivity contribution is 5.76. The molecule has 0 bridgehead atoms. The molecule has 2 atom stereocenters. The van der Waals surface area contributed by atoms with Gasteiger partial charge in [-0.25, -0.2) is 0 Å². The van der Waals surface area contributed by atoms with Crippen molar-refractivity contribution in [2.24, 2.45) is 0 Å². The van der Waals surface area contributed by atoms with Gasteiger partial charge in [0.25, 0.3) is 0 Å². The zero-order valence-corrected chi connectivity index (χ0v) is 10.5. The molecule has 2 heterocycles. The lowest BCUT2D eigenvalue weighted by atomic mass is 10.0. The van der Waals surface area contributed by atoms with Crippen LogP contribution in [0.4, 0.5) is 0 Å². The van der Waals surface area contributed by atoms with E-state index in [4.69, 9.17) is 4.74 Å². The molecular weight excluding hydrogens is 216 g/mol. The number of rotatable bonds is 4. The minimum atomic E-state index is 0.143. The van der Waals surface area contributed by atoms with E-state index in [0.29, 0.717) is 12.5 Å². The maximum Gasteiger partial charge on any atom is 0.222 e. The van der Waals surface area contributed by atoms with Crippen LogP contribution in [0.1, 0.15) is 44.9 Å². The van der Waals surface area contributed by atoms with Crippen molar-refractivity contribution < 1.29 is 9.53 Å². The molecule has 4 nitrogen and oxygen atoms in total. The number of piperidine rings is 1. The maximum atomic E-state index is 11.7. The minimum absolute atomic E-state index is 0.143. The van der Waals surface area contributed by atoms with Crippen molar-refractivity contribution in [1.82, 2.24) is 10.6 Å². The van der Waals surface area contributed by atoms with Gasteiger partial charge in [0.05, 0.1) is 12.5 Å². The van der Waals surface area contributed by atoms with Crippen LogP contribution < -0.4 is 10.6 Å². The largest absolute Gasteiger partial charge is 0.378 e. The summed E-state index contributed by atoms with van der Waals surface area (Å²) >= 11 is 0. The van der Waals surface area contributed by atoms with E-state index in [1.54, 1.807) is 0 Å². The van der Waals surface area contributed by atoms with Gasteiger partial charge in [0.2, 0.25) is 5.91 Å². The van der Waals surface area contributed by atoms with Crippen molar-refractivity contribution >= 4 is 5.91 Å². The highest BCUT2D eigenvalue weighted by atomic mass is 16.5. The number of ether oxygens (including phenoxy) is 1. The molecule has 17 heavy (non-hydrogen) atoms. The molecule has 0 aromatic heterocycles. The van der Waals surface area contributed by atoms with Gasteiger partial charge in [-0.1, -0.05) is 6.42 Å². The summed E-state index contributed by atoms with van der Waals surface area (Å²) in [6, 6.07) is 0.472. The summed E-state index contributed by atoms with van der Waals surface area (Å²) in [6.45, 7) is 2.68. The number of hydrogen-bond donors (Lipinski definition) is 2. The van der Waals surface area contributed by atoms with Crippen LogP contribution in [0.15, 0.2) is 0 Å². The summed E-state index contributed by atoms with van der Waals surface area (Å²) in [5.41, 5.74) is 0. The lowest BCUT2D eigenvalue weighted by Gasteiger charge is -2.25. The predicted molar refractivity (Wildman–Crippen MR) is 66.9 cm³/mol. The monoisotopic (exact) mass is 240 g/mol. The van der Waals surface area contributed by atoms with Crippen LogP contribution in [-0.4, -0.2) is 37.7 Å².